The number of furan rings is 1. The van der Waals surface area contributed by atoms with E-state index < -0.39 is 18.0 Å². The van der Waals surface area contributed by atoms with Crippen LogP contribution in [-0.4, -0.2) is 64.1 Å². The summed E-state index contributed by atoms with van der Waals surface area (Å²) in [5.74, 6) is -1.93. The van der Waals surface area contributed by atoms with Crippen LogP contribution in [0.3, 0.4) is 0 Å². The minimum Gasteiger partial charge on any atom is -0.543 e. The number of carbonyl (C=O) groups is 2. The summed E-state index contributed by atoms with van der Waals surface area (Å²) in [6.45, 7) is 5.85. The molecule has 2 saturated heterocycles. The second-order valence-electron chi connectivity index (χ2n) is 8.67. The summed E-state index contributed by atoms with van der Waals surface area (Å²) in [5.41, 5.74) is 0.889. The third kappa shape index (κ3) is 4.08. The summed E-state index contributed by atoms with van der Waals surface area (Å²) in [6, 6.07) is 3.19. The van der Waals surface area contributed by atoms with Crippen molar-refractivity contribution in [3.8, 4) is 5.95 Å². The first-order valence-corrected chi connectivity index (χ1v) is 12.8. The largest absolute Gasteiger partial charge is 0.543 e. The second-order valence-corrected chi connectivity index (χ2v) is 10.8. The van der Waals surface area contributed by atoms with E-state index in [0.717, 1.165) is 23.9 Å². The van der Waals surface area contributed by atoms with E-state index in [4.69, 9.17) is 9.15 Å². The van der Waals surface area contributed by atoms with Crippen molar-refractivity contribution in [1.82, 2.24) is 15.2 Å². The first kappa shape index (κ1) is 23.2. The predicted molar refractivity (Wildman–Crippen MR) is 124 cm³/mol. The number of carbonyl (C=O) groups excluding carboxylic acids is 2. The Bertz CT molecular complexity index is 1090. The number of fused-ring (bicyclic) bond motifs is 1. The minimum absolute atomic E-state index is 0.0257. The number of hydrogen-bond donors (Lipinski definition) is 2. The van der Waals surface area contributed by atoms with Crippen LogP contribution in [-0.2, 0) is 16.1 Å². The Labute approximate surface area is 204 Å². The molecular weight excluding hydrogens is 480 g/mol. The molecule has 4 atom stereocenters. The molecule has 5 rings (SSSR count). The second kappa shape index (κ2) is 9.25. The first-order valence-electron chi connectivity index (χ1n) is 11.0. The highest BCUT2D eigenvalue weighted by molar-refractivity contribution is 8.03. The molecule has 0 radical (unpaired) electrons. The molecule has 2 aromatic rings. The van der Waals surface area contributed by atoms with Gasteiger partial charge in [-0.1, -0.05) is 6.92 Å². The number of hydrogen-bond acceptors (Lipinski definition) is 11. The van der Waals surface area contributed by atoms with Gasteiger partial charge in [-0.2, -0.15) is 0 Å². The minimum atomic E-state index is -1.33. The number of nitrogens with zero attached hydrogens (tertiary/aromatic N) is 3. The van der Waals surface area contributed by atoms with Gasteiger partial charge in [0.05, 0.1) is 41.7 Å². The van der Waals surface area contributed by atoms with Crippen molar-refractivity contribution in [2.45, 2.75) is 37.8 Å². The number of amides is 1. The predicted octanol–water partition coefficient (Wildman–Crippen LogP) is 0.603. The first-order chi connectivity index (χ1) is 16.3. The Balaban J connectivity index is 1.14. The number of aliphatic hydroxyl groups excluding tert-OH is 1. The molecule has 3 aliphatic heterocycles. The molecule has 34 heavy (non-hydrogen) atoms. The molecule has 2 aromatic heterocycles. The van der Waals surface area contributed by atoms with Crippen molar-refractivity contribution >= 4 is 40.1 Å². The van der Waals surface area contributed by atoms with Crippen molar-refractivity contribution in [2.75, 3.05) is 24.7 Å². The van der Waals surface area contributed by atoms with Crippen LogP contribution in [0.25, 0.3) is 0 Å². The maximum absolute atomic E-state index is 12.5. The highest BCUT2D eigenvalue weighted by atomic mass is 32.2. The number of carboxylic acids is 1. The van der Waals surface area contributed by atoms with E-state index >= 15 is 0 Å². The molecule has 0 bridgehead atoms. The Hall–Kier alpha value is -2.54. The Morgan fingerprint density at radius 1 is 1.50 bits per heavy atom. The average Bonchev–Trinajstić information content (AvgIpc) is 3.47. The van der Waals surface area contributed by atoms with Gasteiger partial charge in [0, 0.05) is 47.2 Å². The number of aliphatic carboxylic acids is 1. The van der Waals surface area contributed by atoms with Crippen molar-refractivity contribution in [3.05, 3.63) is 40.1 Å². The Morgan fingerprint density at radius 2 is 2.29 bits per heavy atom. The lowest BCUT2D eigenvalue weighted by molar-refractivity contribution is -0.301. The number of ether oxygens (including phenoxy) is 1. The van der Waals surface area contributed by atoms with Crippen LogP contribution >= 0.6 is 23.1 Å². The van der Waals surface area contributed by atoms with Crippen LogP contribution in [0, 0.1) is 11.8 Å². The third-order valence-electron chi connectivity index (χ3n) is 6.37. The smallest absolute Gasteiger partial charge is 0.285 e. The summed E-state index contributed by atoms with van der Waals surface area (Å²) in [5, 5.41) is 28.1. The molecule has 12 heteroatoms. The monoisotopic (exact) mass is 505 g/mol. The van der Waals surface area contributed by atoms with Gasteiger partial charge in [-0.25, -0.2) is 4.98 Å². The third-order valence-corrected chi connectivity index (χ3v) is 8.77. The molecule has 0 unspecified atom stereocenters. The number of nitrogens with one attached hydrogen (secondary N) is 1. The van der Waals surface area contributed by atoms with E-state index in [2.05, 4.69) is 15.2 Å². The van der Waals surface area contributed by atoms with Crippen molar-refractivity contribution in [3.63, 3.8) is 0 Å². The van der Waals surface area contributed by atoms with E-state index in [9.17, 15) is 19.8 Å². The van der Waals surface area contributed by atoms with Gasteiger partial charge >= 0.3 is 0 Å². The number of rotatable bonds is 10. The molecule has 0 spiro atoms. The fourth-order valence-corrected chi connectivity index (χ4v) is 7.05. The number of aliphatic hydroxyl groups is 1. The van der Waals surface area contributed by atoms with E-state index in [1.165, 1.54) is 16.7 Å². The lowest BCUT2D eigenvalue weighted by Gasteiger charge is -2.47. The van der Waals surface area contributed by atoms with Crippen LogP contribution in [0.1, 0.15) is 19.5 Å². The molecular formula is C22H25N4O6S2-. The van der Waals surface area contributed by atoms with Gasteiger partial charge in [0.1, 0.15) is 6.73 Å². The van der Waals surface area contributed by atoms with Crippen LogP contribution in [0.15, 0.2) is 38.8 Å². The molecule has 1 amide bonds. The molecule has 182 valence electrons. The highest BCUT2D eigenvalue weighted by Gasteiger charge is 2.59. The summed E-state index contributed by atoms with van der Waals surface area (Å²) in [6.07, 6.45) is 0.741. The molecule has 10 nitrogen and oxygen atoms in total. The zero-order valence-corrected chi connectivity index (χ0v) is 20.3. The fraction of sp³-hybridized carbons (Fsp3) is 0.500. The van der Waals surface area contributed by atoms with E-state index in [0.29, 0.717) is 24.1 Å². The van der Waals surface area contributed by atoms with Crippen molar-refractivity contribution in [1.29, 1.82) is 0 Å². The topological polar surface area (TPSA) is 131 Å². The Kier molecular flexibility index (Phi) is 6.32. The summed E-state index contributed by atoms with van der Waals surface area (Å²) in [4.78, 5) is 33.1. The van der Waals surface area contributed by atoms with Gasteiger partial charge in [-0.3, -0.25) is 10.1 Å². The van der Waals surface area contributed by atoms with Crippen LogP contribution in [0.2, 0.25) is 0 Å². The Morgan fingerprint density at radius 3 is 2.97 bits per heavy atom. The van der Waals surface area contributed by atoms with Gasteiger partial charge in [0.15, 0.2) is 5.13 Å². The zero-order valence-electron chi connectivity index (χ0n) is 18.7. The molecule has 0 saturated carbocycles. The van der Waals surface area contributed by atoms with Gasteiger partial charge in [-0.05, 0) is 13.0 Å². The lowest BCUT2D eigenvalue weighted by atomic mass is 9.79. The number of anilines is 1. The fourth-order valence-electron chi connectivity index (χ4n) is 4.69. The maximum atomic E-state index is 12.5. The number of thioether (sulfide) groups is 1. The van der Waals surface area contributed by atoms with Crippen LogP contribution in [0.4, 0.5) is 5.13 Å². The van der Waals surface area contributed by atoms with Crippen molar-refractivity contribution in [2.24, 2.45) is 11.8 Å². The summed E-state index contributed by atoms with van der Waals surface area (Å²) >= 11 is 3.07. The van der Waals surface area contributed by atoms with E-state index in [-0.39, 0.29) is 28.8 Å². The summed E-state index contributed by atoms with van der Waals surface area (Å²) < 4.78 is 10.5. The number of carboxylic acid groups (broad SMARTS) is 1. The van der Waals surface area contributed by atoms with Gasteiger partial charge in [0.2, 0.25) is 5.91 Å². The average molecular weight is 506 g/mol. The summed E-state index contributed by atoms with van der Waals surface area (Å²) in [7, 11) is 0. The zero-order chi connectivity index (χ0) is 24.0. The molecule has 0 aliphatic carbocycles. The molecule has 3 aliphatic rings. The van der Waals surface area contributed by atoms with E-state index in [1.807, 2.05) is 12.3 Å². The molecule has 2 N–H and O–H groups in total. The van der Waals surface area contributed by atoms with Crippen LogP contribution < -0.4 is 20.1 Å². The van der Waals surface area contributed by atoms with Gasteiger partial charge in [-0.15, -0.1) is 23.1 Å². The van der Waals surface area contributed by atoms with Gasteiger partial charge in [0.25, 0.3) is 5.95 Å². The van der Waals surface area contributed by atoms with E-state index in [1.54, 1.807) is 36.7 Å². The molecule has 5 heterocycles. The van der Waals surface area contributed by atoms with Gasteiger partial charge < -0.3 is 34.0 Å². The SMILES string of the molecule is C[C@@H](O)[C@H]1C(=O)N2C(C(=O)[O-])=C(SC3CN(c4nc(CNCOc5ccco5)cs4)C3)[C@H](C)[C@H]12. The quantitative estimate of drug-likeness (QED) is 0.269. The normalized spacial score (nSPS) is 25.3. The van der Waals surface area contributed by atoms with Crippen molar-refractivity contribution < 1.29 is 29.0 Å². The molecule has 0 aromatic carbocycles. The maximum Gasteiger partial charge on any atom is 0.285 e. The standard InChI is InChI=1S/C22H26N4O6S2/c1-11-17-16(12(2)27)20(28)26(17)18(21(29)30)19(11)34-14-7-25(8-14)22-24-13(9-33-22)6-23-10-32-15-4-3-5-31-15/h3-5,9,11-12,14,16-17,23,27H,6-8,10H2,1-2H3,(H,29,30)/p-1/t11-,12-,16-,17-/m1/s1. The highest BCUT2D eigenvalue weighted by Crippen LogP contribution is 2.52. The lowest BCUT2D eigenvalue weighted by Crippen LogP contribution is -2.64. The number of β-lactam (4-membered cyclic amide) rings is 1. The number of thiazole rings is 1. The number of aromatic nitrogens is 1. The molecule has 2 fully saturated rings. The van der Waals surface area contributed by atoms with Crippen LogP contribution in [0.5, 0.6) is 5.95 Å².